The minimum Gasteiger partial charge on any atom is -0.494 e. The molecule has 0 N–H and O–H groups in total. The highest BCUT2D eigenvalue weighted by Gasteiger charge is 2.40. The summed E-state index contributed by atoms with van der Waals surface area (Å²) in [5.41, 5.74) is 0.851. The second kappa shape index (κ2) is 8.78. The maximum Gasteiger partial charge on any atom is 0.188 e. The predicted molar refractivity (Wildman–Crippen MR) is 114 cm³/mol. The molecule has 0 spiro atoms. The highest BCUT2D eigenvalue weighted by molar-refractivity contribution is 7.92. The summed E-state index contributed by atoms with van der Waals surface area (Å²) in [6.07, 6.45) is 8.75. The average Bonchev–Trinajstić information content (AvgIpc) is 3.25. The minimum atomic E-state index is -3.41. The number of unbranched alkanes of at least 4 members (excludes halogenated alkanes) is 1. The molecule has 0 amide bonds. The van der Waals surface area contributed by atoms with Gasteiger partial charge in [-0.05, 0) is 55.5 Å². The van der Waals surface area contributed by atoms with Crippen molar-refractivity contribution in [3.8, 4) is 11.5 Å². The van der Waals surface area contributed by atoms with Gasteiger partial charge in [-0.15, -0.1) is 0 Å². The lowest BCUT2D eigenvalue weighted by Crippen LogP contribution is -2.33. The monoisotopic (exact) mass is 414 g/mol. The SMILES string of the molecule is C[C@H]1[C@@H](c2ccc(OCCCCC3CCCC3)cc2)Oc2ccccc2S1(=O)=O. The third kappa shape index (κ3) is 4.45. The van der Waals surface area contributed by atoms with E-state index in [1.807, 2.05) is 24.3 Å². The second-order valence-corrected chi connectivity index (χ2v) is 10.6. The normalized spacial score (nSPS) is 23.3. The molecule has 2 aromatic rings. The molecule has 0 aromatic heterocycles. The summed E-state index contributed by atoms with van der Waals surface area (Å²) in [6, 6.07) is 14.5. The van der Waals surface area contributed by atoms with Crippen LogP contribution in [0.25, 0.3) is 0 Å². The van der Waals surface area contributed by atoms with Crippen molar-refractivity contribution in [2.45, 2.75) is 68.1 Å². The zero-order chi connectivity index (χ0) is 20.3. The van der Waals surface area contributed by atoms with Gasteiger partial charge in [0.15, 0.2) is 9.84 Å². The lowest BCUT2D eigenvalue weighted by Gasteiger charge is -2.31. The Bertz CT molecular complexity index is 914. The standard InChI is InChI=1S/C24H30O4S/c1-18-24(28-22-11-4-5-12-23(22)29(18,25)26)20-13-15-21(16-14-20)27-17-7-6-10-19-8-2-3-9-19/h4-5,11-16,18-19,24H,2-3,6-10,17H2,1H3/t18-,24-/m0/s1. The van der Waals surface area contributed by atoms with Gasteiger partial charge in [-0.1, -0.05) is 56.4 Å². The van der Waals surface area contributed by atoms with Crippen molar-refractivity contribution in [1.29, 1.82) is 0 Å². The van der Waals surface area contributed by atoms with Crippen LogP contribution in [0, 0.1) is 5.92 Å². The van der Waals surface area contributed by atoms with E-state index < -0.39 is 21.2 Å². The van der Waals surface area contributed by atoms with E-state index in [4.69, 9.17) is 9.47 Å². The van der Waals surface area contributed by atoms with E-state index in [0.717, 1.165) is 30.3 Å². The molecule has 4 rings (SSSR count). The number of hydrogen-bond donors (Lipinski definition) is 0. The summed E-state index contributed by atoms with van der Waals surface area (Å²) < 4.78 is 37.6. The van der Waals surface area contributed by atoms with Crippen LogP contribution in [-0.4, -0.2) is 20.3 Å². The molecule has 1 aliphatic heterocycles. The van der Waals surface area contributed by atoms with E-state index in [1.165, 1.54) is 38.5 Å². The molecule has 0 radical (unpaired) electrons. The molecule has 5 heteroatoms. The minimum absolute atomic E-state index is 0.279. The quantitative estimate of drug-likeness (QED) is 0.544. The van der Waals surface area contributed by atoms with E-state index >= 15 is 0 Å². The number of fused-ring (bicyclic) bond motifs is 1. The van der Waals surface area contributed by atoms with Gasteiger partial charge in [0.1, 0.15) is 27.7 Å². The van der Waals surface area contributed by atoms with Gasteiger partial charge < -0.3 is 9.47 Å². The van der Waals surface area contributed by atoms with Crippen LogP contribution in [0.2, 0.25) is 0 Å². The first-order chi connectivity index (χ1) is 14.1. The molecule has 4 nitrogen and oxygen atoms in total. The third-order valence-electron chi connectivity index (χ3n) is 6.28. The van der Waals surface area contributed by atoms with E-state index in [-0.39, 0.29) is 4.90 Å². The molecule has 2 aliphatic rings. The van der Waals surface area contributed by atoms with Crippen molar-refractivity contribution in [1.82, 2.24) is 0 Å². The van der Waals surface area contributed by atoms with Gasteiger partial charge in [0.25, 0.3) is 0 Å². The van der Waals surface area contributed by atoms with Gasteiger partial charge >= 0.3 is 0 Å². The highest BCUT2D eigenvalue weighted by atomic mass is 32.2. The van der Waals surface area contributed by atoms with Crippen molar-refractivity contribution in [3.05, 3.63) is 54.1 Å². The average molecular weight is 415 g/mol. The Balaban J connectivity index is 1.34. The van der Waals surface area contributed by atoms with Crippen molar-refractivity contribution < 1.29 is 17.9 Å². The van der Waals surface area contributed by atoms with E-state index in [2.05, 4.69) is 0 Å². The van der Waals surface area contributed by atoms with Gasteiger partial charge in [0.05, 0.1) is 6.61 Å². The largest absolute Gasteiger partial charge is 0.494 e. The summed E-state index contributed by atoms with van der Waals surface area (Å²) in [5, 5.41) is -0.639. The Hall–Kier alpha value is -2.01. The fraction of sp³-hybridized carbons (Fsp3) is 0.500. The Labute approximate surface area is 174 Å². The van der Waals surface area contributed by atoms with Gasteiger partial charge in [-0.3, -0.25) is 0 Å². The molecule has 1 heterocycles. The highest BCUT2D eigenvalue weighted by Crippen LogP contribution is 2.41. The van der Waals surface area contributed by atoms with Crippen LogP contribution >= 0.6 is 0 Å². The Morgan fingerprint density at radius 1 is 1.00 bits per heavy atom. The van der Waals surface area contributed by atoms with Gasteiger partial charge in [0.2, 0.25) is 0 Å². The molecule has 1 aliphatic carbocycles. The first kappa shape index (κ1) is 20.3. The van der Waals surface area contributed by atoms with Crippen molar-refractivity contribution in [2.24, 2.45) is 5.92 Å². The first-order valence-electron chi connectivity index (χ1n) is 10.8. The molecular weight excluding hydrogens is 384 g/mol. The van der Waals surface area contributed by atoms with Gasteiger partial charge in [0, 0.05) is 0 Å². The lowest BCUT2D eigenvalue weighted by atomic mass is 10.0. The fourth-order valence-corrected chi connectivity index (χ4v) is 6.10. The van der Waals surface area contributed by atoms with E-state index in [9.17, 15) is 8.42 Å². The summed E-state index contributed by atoms with van der Waals surface area (Å²) in [4.78, 5) is 0.279. The maximum atomic E-state index is 12.8. The van der Waals surface area contributed by atoms with Crippen LogP contribution in [-0.2, 0) is 9.84 Å². The topological polar surface area (TPSA) is 52.6 Å². The molecule has 156 valence electrons. The summed E-state index contributed by atoms with van der Waals surface area (Å²) >= 11 is 0. The molecule has 0 bridgehead atoms. The fourth-order valence-electron chi connectivity index (χ4n) is 4.50. The van der Waals surface area contributed by atoms with Crippen LogP contribution in [0.4, 0.5) is 0 Å². The molecule has 0 saturated heterocycles. The molecular formula is C24H30O4S. The van der Waals surface area contributed by atoms with Crippen molar-refractivity contribution in [2.75, 3.05) is 6.61 Å². The zero-order valence-corrected chi connectivity index (χ0v) is 17.9. The Kier molecular flexibility index (Phi) is 6.14. The molecule has 29 heavy (non-hydrogen) atoms. The van der Waals surface area contributed by atoms with E-state index in [0.29, 0.717) is 5.75 Å². The smallest absolute Gasteiger partial charge is 0.188 e. The number of ether oxygens (including phenoxy) is 2. The van der Waals surface area contributed by atoms with Crippen LogP contribution in [0.1, 0.15) is 63.5 Å². The number of sulfone groups is 1. The van der Waals surface area contributed by atoms with Gasteiger partial charge in [-0.25, -0.2) is 8.42 Å². The lowest BCUT2D eigenvalue weighted by molar-refractivity contribution is 0.188. The molecule has 0 unspecified atom stereocenters. The summed E-state index contributed by atoms with van der Waals surface area (Å²) in [5.74, 6) is 2.19. The second-order valence-electron chi connectivity index (χ2n) is 8.30. The molecule has 1 fully saturated rings. The third-order valence-corrected chi connectivity index (χ3v) is 8.46. The predicted octanol–water partition coefficient (Wildman–Crippen LogP) is 5.72. The first-order valence-corrected chi connectivity index (χ1v) is 12.3. The number of benzene rings is 2. The van der Waals surface area contributed by atoms with Crippen LogP contribution in [0.5, 0.6) is 11.5 Å². The molecule has 1 saturated carbocycles. The van der Waals surface area contributed by atoms with Crippen molar-refractivity contribution >= 4 is 9.84 Å². The molecule has 2 aromatic carbocycles. The Morgan fingerprint density at radius 3 is 2.48 bits per heavy atom. The number of hydrogen-bond acceptors (Lipinski definition) is 4. The van der Waals surface area contributed by atoms with E-state index in [1.54, 1.807) is 31.2 Å². The summed E-state index contributed by atoms with van der Waals surface area (Å²) in [6.45, 7) is 2.44. The number of para-hydroxylation sites is 1. The van der Waals surface area contributed by atoms with Crippen LogP contribution < -0.4 is 9.47 Å². The van der Waals surface area contributed by atoms with Gasteiger partial charge in [-0.2, -0.15) is 0 Å². The zero-order valence-electron chi connectivity index (χ0n) is 17.0. The van der Waals surface area contributed by atoms with Crippen molar-refractivity contribution in [3.63, 3.8) is 0 Å². The Morgan fingerprint density at radius 2 is 1.72 bits per heavy atom. The molecule has 2 atom stereocenters. The summed E-state index contributed by atoms with van der Waals surface area (Å²) in [7, 11) is -3.41. The maximum absolute atomic E-state index is 12.8. The van der Waals surface area contributed by atoms with Crippen LogP contribution in [0.15, 0.2) is 53.4 Å². The number of rotatable bonds is 7. The van der Waals surface area contributed by atoms with Crippen LogP contribution in [0.3, 0.4) is 0 Å².